The van der Waals surface area contributed by atoms with Gasteiger partial charge in [-0.1, -0.05) is 12.8 Å². The lowest BCUT2D eigenvalue weighted by Crippen LogP contribution is -2.64. The van der Waals surface area contributed by atoms with Gasteiger partial charge in [-0.25, -0.2) is 0 Å². The van der Waals surface area contributed by atoms with Crippen molar-refractivity contribution in [1.29, 1.82) is 0 Å². The zero-order chi connectivity index (χ0) is 17.5. The van der Waals surface area contributed by atoms with Gasteiger partial charge in [-0.15, -0.1) is 0 Å². The van der Waals surface area contributed by atoms with Crippen LogP contribution in [0.15, 0.2) is 24.3 Å². The summed E-state index contributed by atoms with van der Waals surface area (Å²) in [6.07, 6.45) is 5.12. The molecule has 1 unspecified atom stereocenters. The van der Waals surface area contributed by atoms with Crippen molar-refractivity contribution in [2.75, 3.05) is 35.0 Å². The summed E-state index contributed by atoms with van der Waals surface area (Å²) in [6.45, 7) is 0.648. The monoisotopic (exact) mass is 354 g/mol. The fourth-order valence-electron chi connectivity index (χ4n) is 3.74. The van der Waals surface area contributed by atoms with Gasteiger partial charge in [-0.05, 0) is 49.6 Å². The Labute approximate surface area is 146 Å². The average molecular weight is 355 g/mol. The summed E-state index contributed by atoms with van der Waals surface area (Å²) in [5, 5.41) is -0.280. The highest BCUT2D eigenvalue weighted by molar-refractivity contribution is 6.70. The van der Waals surface area contributed by atoms with Crippen LogP contribution in [-0.4, -0.2) is 48.8 Å². The van der Waals surface area contributed by atoms with Gasteiger partial charge in [0.15, 0.2) is 0 Å². The van der Waals surface area contributed by atoms with Gasteiger partial charge in [-0.3, -0.25) is 0 Å². The van der Waals surface area contributed by atoms with Crippen LogP contribution in [0.4, 0.5) is 0 Å². The Hall–Kier alpha value is -1.08. The third-order valence-electron chi connectivity index (χ3n) is 5.13. The molecule has 24 heavy (non-hydrogen) atoms. The summed E-state index contributed by atoms with van der Waals surface area (Å²) in [5.74, 6) is 1.69. The van der Waals surface area contributed by atoms with E-state index in [9.17, 15) is 0 Å². The summed E-state index contributed by atoms with van der Waals surface area (Å²) in [6, 6.07) is 8.65. The predicted octanol–water partition coefficient (Wildman–Crippen LogP) is 3.70. The van der Waals surface area contributed by atoms with Crippen LogP contribution in [0.5, 0.6) is 11.5 Å². The molecule has 1 aromatic carbocycles. The molecule has 0 spiro atoms. The molecule has 1 fully saturated rings. The van der Waals surface area contributed by atoms with Gasteiger partial charge in [0.05, 0.1) is 13.7 Å². The van der Waals surface area contributed by atoms with Crippen LogP contribution in [0.3, 0.4) is 0 Å². The number of benzene rings is 1. The van der Waals surface area contributed by atoms with Gasteiger partial charge in [0.1, 0.15) is 16.7 Å². The fraction of sp³-hybridized carbons (Fsp3) is 0.667. The quantitative estimate of drug-likeness (QED) is 0.500. The topological polar surface area (TPSA) is 46.2 Å². The summed E-state index contributed by atoms with van der Waals surface area (Å²) >= 11 is 0. The van der Waals surface area contributed by atoms with E-state index in [0.717, 1.165) is 49.6 Å². The zero-order valence-electron chi connectivity index (χ0n) is 15.3. The lowest BCUT2D eigenvalue weighted by atomic mass is 10.1. The van der Waals surface area contributed by atoms with Crippen molar-refractivity contribution < 1.29 is 23.1 Å². The molecule has 0 amide bonds. The van der Waals surface area contributed by atoms with E-state index in [1.54, 1.807) is 28.4 Å². The summed E-state index contributed by atoms with van der Waals surface area (Å²) in [5.41, 5.74) is 0. The van der Waals surface area contributed by atoms with E-state index in [1.807, 2.05) is 24.3 Å². The SMILES string of the molecule is COc1ccc(OCCCC2(OC)CCCC[Si]2(OC)OC)cc1. The third-order valence-corrected chi connectivity index (χ3v) is 9.56. The van der Waals surface area contributed by atoms with Gasteiger partial charge in [0.2, 0.25) is 0 Å². The van der Waals surface area contributed by atoms with Gasteiger partial charge < -0.3 is 23.1 Å². The van der Waals surface area contributed by atoms with Crippen molar-refractivity contribution in [2.24, 2.45) is 0 Å². The van der Waals surface area contributed by atoms with E-state index in [4.69, 9.17) is 23.1 Å². The first-order chi connectivity index (χ1) is 11.6. The molecule has 0 saturated carbocycles. The second kappa shape index (κ2) is 8.85. The van der Waals surface area contributed by atoms with Gasteiger partial charge in [-0.2, -0.15) is 0 Å². The minimum atomic E-state index is -2.35. The Morgan fingerprint density at radius 1 is 0.958 bits per heavy atom. The first-order valence-corrected chi connectivity index (χ1v) is 10.6. The second-order valence-corrected chi connectivity index (χ2v) is 9.93. The summed E-state index contributed by atoms with van der Waals surface area (Å²) < 4.78 is 28.8. The molecular formula is C18H30O5Si. The number of hydrogen-bond acceptors (Lipinski definition) is 5. The largest absolute Gasteiger partial charge is 0.497 e. The molecular weight excluding hydrogens is 324 g/mol. The minimum absolute atomic E-state index is 0.280. The average Bonchev–Trinajstić information content (AvgIpc) is 2.66. The highest BCUT2D eigenvalue weighted by Gasteiger charge is 2.58. The maximum absolute atomic E-state index is 6.00. The van der Waals surface area contributed by atoms with Gasteiger partial charge >= 0.3 is 8.56 Å². The van der Waals surface area contributed by atoms with Gasteiger partial charge in [0.25, 0.3) is 0 Å². The van der Waals surface area contributed by atoms with E-state index < -0.39 is 8.56 Å². The maximum atomic E-state index is 6.00. The molecule has 136 valence electrons. The molecule has 0 bridgehead atoms. The van der Waals surface area contributed by atoms with Crippen molar-refractivity contribution in [3.8, 4) is 11.5 Å². The van der Waals surface area contributed by atoms with Crippen LogP contribution in [-0.2, 0) is 13.6 Å². The molecule has 1 aliphatic rings. The predicted molar refractivity (Wildman–Crippen MR) is 95.9 cm³/mol. The Morgan fingerprint density at radius 3 is 2.21 bits per heavy atom. The maximum Gasteiger partial charge on any atom is 0.370 e. The van der Waals surface area contributed by atoms with Crippen molar-refractivity contribution in [1.82, 2.24) is 0 Å². The molecule has 1 aliphatic heterocycles. The van der Waals surface area contributed by atoms with Crippen LogP contribution in [0.1, 0.15) is 32.1 Å². The Morgan fingerprint density at radius 2 is 1.62 bits per heavy atom. The molecule has 0 aliphatic carbocycles. The van der Waals surface area contributed by atoms with E-state index >= 15 is 0 Å². The number of ether oxygens (including phenoxy) is 3. The van der Waals surface area contributed by atoms with Gasteiger partial charge in [0, 0.05) is 21.3 Å². The molecule has 0 radical (unpaired) electrons. The Balaban J connectivity index is 1.92. The van der Waals surface area contributed by atoms with E-state index in [2.05, 4.69) is 0 Å². The highest BCUT2D eigenvalue weighted by Crippen LogP contribution is 2.42. The van der Waals surface area contributed by atoms with Crippen LogP contribution in [0.25, 0.3) is 0 Å². The third kappa shape index (κ3) is 3.94. The summed E-state index contributed by atoms with van der Waals surface area (Å²) in [4.78, 5) is 0. The minimum Gasteiger partial charge on any atom is -0.497 e. The zero-order valence-corrected chi connectivity index (χ0v) is 16.3. The summed E-state index contributed by atoms with van der Waals surface area (Å²) in [7, 11) is 4.63. The molecule has 2 rings (SSSR count). The number of rotatable bonds is 9. The van der Waals surface area contributed by atoms with Crippen molar-refractivity contribution >= 4 is 8.56 Å². The van der Waals surface area contributed by atoms with Crippen LogP contribution < -0.4 is 9.47 Å². The molecule has 0 aromatic heterocycles. The molecule has 1 aromatic rings. The van der Waals surface area contributed by atoms with Crippen LogP contribution in [0.2, 0.25) is 6.04 Å². The normalized spacial score (nSPS) is 23.0. The first-order valence-electron chi connectivity index (χ1n) is 8.57. The van der Waals surface area contributed by atoms with E-state index in [-0.39, 0.29) is 5.22 Å². The molecule has 6 heteroatoms. The number of methoxy groups -OCH3 is 2. The Bertz CT molecular complexity index is 489. The smallest absolute Gasteiger partial charge is 0.370 e. The van der Waals surface area contributed by atoms with Crippen LogP contribution in [0, 0.1) is 0 Å². The van der Waals surface area contributed by atoms with E-state index in [1.165, 1.54) is 0 Å². The fourth-order valence-corrected chi connectivity index (χ4v) is 7.66. The number of hydrogen-bond donors (Lipinski definition) is 0. The molecule has 1 heterocycles. The Kier molecular flexibility index (Phi) is 7.10. The van der Waals surface area contributed by atoms with E-state index in [0.29, 0.717) is 6.61 Å². The van der Waals surface area contributed by atoms with Crippen molar-refractivity contribution in [2.45, 2.75) is 43.4 Å². The standard InChI is InChI=1S/C18H30O5Si/c1-19-16-8-10-17(11-9-16)23-14-7-13-18(20-2)12-5-6-15-24(18,21-3)22-4/h8-11H,5-7,12-15H2,1-4H3. The van der Waals surface area contributed by atoms with Crippen molar-refractivity contribution in [3.05, 3.63) is 24.3 Å². The molecule has 5 nitrogen and oxygen atoms in total. The lowest BCUT2D eigenvalue weighted by Gasteiger charge is -2.48. The molecule has 1 saturated heterocycles. The van der Waals surface area contributed by atoms with Crippen molar-refractivity contribution in [3.63, 3.8) is 0 Å². The lowest BCUT2D eigenvalue weighted by molar-refractivity contribution is -0.0175. The first kappa shape index (κ1) is 19.2. The van der Waals surface area contributed by atoms with Crippen LogP contribution >= 0.6 is 0 Å². The molecule has 0 N–H and O–H groups in total. The highest BCUT2D eigenvalue weighted by atomic mass is 28.4. The molecule has 1 atom stereocenters. The second-order valence-electron chi connectivity index (χ2n) is 6.19.